The Bertz CT molecular complexity index is 497. The molecule has 6 heteroatoms. The summed E-state index contributed by atoms with van der Waals surface area (Å²) in [6.07, 6.45) is 3.80. The van der Waals surface area contributed by atoms with Crippen LogP contribution in [0.25, 0.3) is 0 Å². The van der Waals surface area contributed by atoms with E-state index in [2.05, 4.69) is 41.4 Å². The van der Waals surface area contributed by atoms with Gasteiger partial charge in [-0.25, -0.2) is 9.97 Å². The van der Waals surface area contributed by atoms with Crippen LogP contribution in [0.1, 0.15) is 44.5 Å². The summed E-state index contributed by atoms with van der Waals surface area (Å²) in [7, 11) is -0.624. The van der Waals surface area contributed by atoms with Gasteiger partial charge in [-0.2, -0.15) is 0 Å². The summed E-state index contributed by atoms with van der Waals surface area (Å²) >= 11 is 0. The summed E-state index contributed by atoms with van der Waals surface area (Å²) in [4.78, 5) is 9.22. The summed E-state index contributed by atoms with van der Waals surface area (Å²) in [5.41, 5.74) is 1.08. The first-order valence-electron chi connectivity index (χ1n) is 7.86. The van der Waals surface area contributed by atoms with Gasteiger partial charge in [0, 0.05) is 46.9 Å². The molecule has 21 heavy (non-hydrogen) atoms. The lowest BCUT2D eigenvalue weighted by molar-refractivity contribution is 0.621. The lowest BCUT2D eigenvalue weighted by Gasteiger charge is -2.24. The normalized spacial score (nSPS) is 22.0. The summed E-state index contributed by atoms with van der Waals surface area (Å²) in [5, 5.41) is 6.92. The first-order chi connectivity index (χ1) is 10.1. The van der Waals surface area contributed by atoms with Gasteiger partial charge in [-0.15, -0.1) is 0 Å². The molecule has 1 saturated heterocycles. The van der Waals surface area contributed by atoms with E-state index in [0.717, 1.165) is 66.8 Å². The van der Waals surface area contributed by atoms with Crippen LogP contribution in [0.4, 0.5) is 11.6 Å². The monoisotopic (exact) mass is 310 g/mol. The van der Waals surface area contributed by atoms with Gasteiger partial charge in [-0.1, -0.05) is 13.8 Å². The molecule has 2 rings (SSSR count). The maximum Gasteiger partial charge on any atom is 0.134 e. The minimum Gasteiger partial charge on any atom is -0.370 e. The van der Waals surface area contributed by atoms with Gasteiger partial charge >= 0.3 is 0 Å². The van der Waals surface area contributed by atoms with Crippen LogP contribution < -0.4 is 10.6 Å². The van der Waals surface area contributed by atoms with Gasteiger partial charge in [0.25, 0.3) is 0 Å². The Hall–Kier alpha value is -1.17. The van der Waals surface area contributed by atoms with Gasteiger partial charge in [0.05, 0.1) is 0 Å². The maximum absolute atomic E-state index is 11.4. The Morgan fingerprint density at radius 2 is 1.86 bits per heavy atom. The van der Waals surface area contributed by atoms with Crippen LogP contribution in [0.2, 0.25) is 0 Å². The molecule has 0 spiro atoms. The molecule has 1 aromatic rings. The van der Waals surface area contributed by atoms with E-state index >= 15 is 0 Å². The summed E-state index contributed by atoms with van der Waals surface area (Å²) < 4.78 is 11.4. The SMILES string of the molecule is CCCNc1nc(CC)nc(NC2CCS(=O)CC2)c1C. The first-order valence-corrected chi connectivity index (χ1v) is 9.35. The Morgan fingerprint density at radius 1 is 1.19 bits per heavy atom. The average Bonchev–Trinajstić information content (AvgIpc) is 2.50. The molecule has 5 nitrogen and oxygen atoms in total. The third-order valence-corrected chi connectivity index (χ3v) is 5.16. The Labute approximate surface area is 129 Å². The zero-order valence-corrected chi connectivity index (χ0v) is 14.1. The molecule has 2 heterocycles. The summed E-state index contributed by atoms with van der Waals surface area (Å²) in [6, 6.07) is 0.375. The van der Waals surface area contributed by atoms with E-state index in [0.29, 0.717) is 6.04 Å². The molecule has 0 radical (unpaired) electrons. The molecule has 0 aromatic carbocycles. The Balaban J connectivity index is 2.15. The average molecular weight is 310 g/mol. The molecule has 1 fully saturated rings. The van der Waals surface area contributed by atoms with Gasteiger partial charge in [-0.3, -0.25) is 4.21 Å². The van der Waals surface area contributed by atoms with E-state index in [1.807, 2.05) is 0 Å². The number of aromatic nitrogens is 2. The number of rotatable bonds is 6. The lowest BCUT2D eigenvalue weighted by atomic mass is 10.1. The van der Waals surface area contributed by atoms with E-state index in [1.54, 1.807) is 0 Å². The fourth-order valence-corrected chi connectivity index (χ4v) is 3.71. The van der Waals surface area contributed by atoms with Crippen molar-refractivity contribution in [2.75, 3.05) is 28.7 Å². The quantitative estimate of drug-likeness (QED) is 0.845. The second-order valence-electron chi connectivity index (χ2n) is 5.51. The summed E-state index contributed by atoms with van der Waals surface area (Å²) in [5.74, 6) is 4.32. The highest BCUT2D eigenvalue weighted by Crippen LogP contribution is 2.23. The minimum absolute atomic E-state index is 0.375. The van der Waals surface area contributed by atoms with Crippen molar-refractivity contribution in [2.24, 2.45) is 0 Å². The standard InChI is InChI=1S/C15H26N4OS/c1-4-8-16-14-11(3)15(19-13(5-2)18-14)17-12-6-9-21(20)10-7-12/h12H,4-10H2,1-3H3,(H2,16,17,18,19). The lowest BCUT2D eigenvalue weighted by Crippen LogP contribution is -2.30. The number of hydrogen-bond acceptors (Lipinski definition) is 5. The second-order valence-corrected chi connectivity index (χ2v) is 7.21. The highest BCUT2D eigenvalue weighted by molar-refractivity contribution is 7.85. The van der Waals surface area contributed by atoms with Crippen molar-refractivity contribution in [3.63, 3.8) is 0 Å². The number of aryl methyl sites for hydroxylation is 1. The third kappa shape index (κ3) is 4.40. The molecule has 0 bridgehead atoms. The molecule has 118 valence electrons. The Kier molecular flexibility index (Phi) is 5.96. The van der Waals surface area contributed by atoms with E-state index in [9.17, 15) is 4.21 Å². The molecule has 0 aliphatic carbocycles. The summed E-state index contributed by atoms with van der Waals surface area (Å²) in [6.45, 7) is 7.19. The largest absolute Gasteiger partial charge is 0.370 e. The van der Waals surface area contributed by atoms with Crippen LogP contribution in [0.15, 0.2) is 0 Å². The molecule has 1 aliphatic heterocycles. The van der Waals surface area contributed by atoms with Crippen molar-refractivity contribution in [3.8, 4) is 0 Å². The van der Waals surface area contributed by atoms with Crippen LogP contribution >= 0.6 is 0 Å². The smallest absolute Gasteiger partial charge is 0.134 e. The molecule has 0 amide bonds. The van der Waals surface area contributed by atoms with Crippen molar-refractivity contribution in [1.29, 1.82) is 0 Å². The number of anilines is 2. The fraction of sp³-hybridized carbons (Fsp3) is 0.733. The van der Waals surface area contributed by atoms with Crippen molar-refractivity contribution in [3.05, 3.63) is 11.4 Å². The molecule has 1 aliphatic rings. The number of nitrogens with zero attached hydrogens (tertiary/aromatic N) is 2. The minimum atomic E-state index is -0.624. The molecule has 1 aromatic heterocycles. The highest BCUT2D eigenvalue weighted by atomic mass is 32.2. The first kappa shape index (κ1) is 16.2. The molecule has 2 N–H and O–H groups in total. The van der Waals surface area contributed by atoms with Crippen LogP contribution in [0.5, 0.6) is 0 Å². The molecule has 0 atom stereocenters. The van der Waals surface area contributed by atoms with Crippen LogP contribution in [-0.2, 0) is 17.2 Å². The second kappa shape index (κ2) is 7.73. The van der Waals surface area contributed by atoms with Gasteiger partial charge in [0.1, 0.15) is 17.5 Å². The fourth-order valence-electron chi connectivity index (χ4n) is 2.41. The molecular weight excluding hydrogens is 284 g/mol. The van der Waals surface area contributed by atoms with Gasteiger partial charge in [0.2, 0.25) is 0 Å². The predicted molar refractivity (Wildman–Crippen MR) is 89.4 cm³/mol. The van der Waals surface area contributed by atoms with E-state index in [4.69, 9.17) is 0 Å². The van der Waals surface area contributed by atoms with Crippen molar-refractivity contribution in [2.45, 2.75) is 52.5 Å². The topological polar surface area (TPSA) is 66.9 Å². The number of nitrogens with one attached hydrogen (secondary N) is 2. The molecule has 0 saturated carbocycles. The zero-order valence-electron chi connectivity index (χ0n) is 13.2. The van der Waals surface area contributed by atoms with Crippen LogP contribution in [0.3, 0.4) is 0 Å². The molecular formula is C15H26N4OS. The van der Waals surface area contributed by atoms with E-state index in [1.165, 1.54) is 0 Å². The molecule has 0 unspecified atom stereocenters. The maximum atomic E-state index is 11.4. The van der Waals surface area contributed by atoms with Crippen molar-refractivity contribution < 1.29 is 4.21 Å². The van der Waals surface area contributed by atoms with Crippen molar-refractivity contribution >= 4 is 22.4 Å². The zero-order chi connectivity index (χ0) is 15.2. The van der Waals surface area contributed by atoms with Crippen LogP contribution in [-0.4, -0.2) is 38.3 Å². The van der Waals surface area contributed by atoms with Crippen molar-refractivity contribution in [1.82, 2.24) is 9.97 Å². The van der Waals surface area contributed by atoms with E-state index < -0.39 is 10.8 Å². The van der Waals surface area contributed by atoms with Crippen LogP contribution in [0, 0.1) is 6.92 Å². The van der Waals surface area contributed by atoms with Gasteiger partial charge in [-0.05, 0) is 26.2 Å². The van der Waals surface area contributed by atoms with Gasteiger partial charge in [0.15, 0.2) is 0 Å². The van der Waals surface area contributed by atoms with E-state index in [-0.39, 0.29) is 0 Å². The number of hydrogen-bond donors (Lipinski definition) is 2. The predicted octanol–water partition coefficient (Wildman–Crippen LogP) is 2.49. The Morgan fingerprint density at radius 3 is 2.48 bits per heavy atom. The third-order valence-electron chi connectivity index (χ3n) is 3.78. The van der Waals surface area contributed by atoms with Gasteiger partial charge < -0.3 is 10.6 Å². The highest BCUT2D eigenvalue weighted by Gasteiger charge is 2.20.